The number of amides is 1. The van der Waals surface area contributed by atoms with Gasteiger partial charge in [-0.3, -0.25) is 4.79 Å². The summed E-state index contributed by atoms with van der Waals surface area (Å²) in [6.45, 7) is 6.85. The largest absolute Gasteiger partial charge is 0.497 e. The zero-order chi connectivity index (χ0) is 20.1. The minimum Gasteiger partial charge on any atom is -0.497 e. The predicted octanol–water partition coefficient (Wildman–Crippen LogP) is 5.05. The Bertz CT molecular complexity index is 999. The van der Waals surface area contributed by atoms with Crippen LogP contribution >= 0.6 is 0 Å². The van der Waals surface area contributed by atoms with Crippen LogP contribution in [0.3, 0.4) is 0 Å². The first-order valence-electron chi connectivity index (χ1n) is 9.36. The summed E-state index contributed by atoms with van der Waals surface area (Å²) >= 11 is 0. The van der Waals surface area contributed by atoms with Crippen molar-refractivity contribution in [1.82, 2.24) is 5.32 Å². The number of carbonyl (C=O) groups excluding carboxylic acids is 1. The number of likely N-dealkylation sites (N-methyl/N-ethyl adjacent to an activating group) is 1. The van der Waals surface area contributed by atoms with Gasteiger partial charge in [0.25, 0.3) is 0 Å². The quantitative estimate of drug-likeness (QED) is 0.584. The summed E-state index contributed by atoms with van der Waals surface area (Å²) in [6, 6.07) is 11.7. The van der Waals surface area contributed by atoms with Gasteiger partial charge in [-0.1, -0.05) is 12.1 Å². The van der Waals surface area contributed by atoms with E-state index in [0.29, 0.717) is 18.9 Å². The monoisotopic (exact) mass is 379 g/mol. The van der Waals surface area contributed by atoms with Crippen LogP contribution in [0.2, 0.25) is 0 Å². The number of allylic oxidation sites excluding steroid dienone is 1. The third-order valence-corrected chi connectivity index (χ3v) is 4.50. The van der Waals surface area contributed by atoms with Crippen molar-refractivity contribution >= 4 is 22.4 Å². The van der Waals surface area contributed by atoms with Gasteiger partial charge in [0.05, 0.1) is 20.0 Å². The maximum atomic E-state index is 12.0. The maximum Gasteiger partial charge on any atom is 0.244 e. The van der Waals surface area contributed by atoms with Gasteiger partial charge in [-0.05, 0) is 50.1 Å². The van der Waals surface area contributed by atoms with E-state index in [1.807, 2.05) is 57.2 Å². The van der Waals surface area contributed by atoms with Crippen molar-refractivity contribution in [1.29, 1.82) is 0 Å². The Balaban J connectivity index is 2.11. The molecule has 0 bridgehead atoms. The van der Waals surface area contributed by atoms with Crippen molar-refractivity contribution in [2.24, 2.45) is 0 Å². The van der Waals surface area contributed by atoms with E-state index in [1.54, 1.807) is 19.4 Å². The molecule has 1 aromatic heterocycles. The summed E-state index contributed by atoms with van der Waals surface area (Å²) in [5.74, 6) is 1.38. The summed E-state index contributed by atoms with van der Waals surface area (Å²) in [7, 11) is 1.65. The van der Waals surface area contributed by atoms with Crippen LogP contribution < -0.4 is 14.8 Å². The van der Waals surface area contributed by atoms with Crippen molar-refractivity contribution in [3.63, 3.8) is 0 Å². The fourth-order valence-corrected chi connectivity index (χ4v) is 3.13. The van der Waals surface area contributed by atoms with Gasteiger partial charge in [-0.25, -0.2) is 0 Å². The first-order valence-corrected chi connectivity index (χ1v) is 9.36. The average molecular weight is 379 g/mol. The topological polar surface area (TPSA) is 60.7 Å². The second-order valence-corrected chi connectivity index (χ2v) is 6.38. The number of benzene rings is 2. The van der Waals surface area contributed by atoms with Gasteiger partial charge < -0.3 is 19.2 Å². The molecular formula is C23H25NO4. The third kappa shape index (κ3) is 4.03. The van der Waals surface area contributed by atoms with Gasteiger partial charge >= 0.3 is 0 Å². The standard InChI is InChI=1S/C23H25NO4/c1-5-24-23(25)11-15(3)18-12-19-20(16-7-9-17(26-4)10-8-16)14-28-22(19)13-21(18)27-6-2/h7-14H,5-6H2,1-4H3,(H,24,25)/b15-11+. The van der Waals surface area contributed by atoms with E-state index >= 15 is 0 Å². The van der Waals surface area contributed by atoms with Gasteiger partial charge in [-0.15, -0.1) is 0 Å². The molecule has 0 fully saturated rings. The molecule has 0 aliphatic rings. The first-order chi connectivity index (χ1) is 13.6. The minimum absolute atomic E-state index is 0.120. The van der Waals surface area contributed by atoms with Gasteiger partial charge in [0.1, 0.15) is 17.1 Å². The highest BCUT2D eigenvalue weighted by Crippen LogP contribution is 2.37. The number of carbonyl (C=O) groups is 1. The van der Waals surface area contributed by atoms with E-state index in [4.69, 9.17) is 13.9 Å². The van der Waals surface area contributed by atoms with Crippen molar-refractivity contribution in [2.45, 2.75) is 20.8 Å². The maximum absolute atomic E-state index is 12.0. The Kier molecular flexibility index (Phi) is 6.04. The lowest BCUT2D eigenvalue weighted by Crippen LogP contribution is -2.20. The van der Waals surface area contributed by atoms with Gasteiger partial charge in [0.15, 0.2) is 0 Å². The van der Waals surface area contributed by atoms with Crippen LogP contribution in [0.15, 0.2) is 53.2 Å². The number of hydrogen-bond acceptors (Lipinski definition) is 4. The molecule has 0 saturated heterocycles. The third-order valence-electron chi connectivity index (χ3n) is 4.50. The first kappa shape index (κ1) is 19.5. The van der Waals surface area contributed by atoms with E-state index < -0.39 is 0 Å². The van der Waals surface area contributed by atoms with Gasteiger partial charge in [-0.2, -0.15) is 0 Å². The van der Waals surface area contributed by atoms with E-state index in [2.05, 4.69) is 5.32 Å². The summed E-state index contributed by atoms with van der Waals surface area (Å²) in [4.78, 5) is 12.0. The summed E-state index contributed by atoms with van der Waals surface area (Å²) in [6.07, 6.45) is 3.34. The molecular weight excluding hydrogens is 354 g/mol. The number of nitrogens with one attached hydrogen (secondary N) is 1. The number of furan rings is 1. The number of rotatable bonds is 7. The lowest BCUT2D eigenvalue weighted by molar-refractivity contribution is -0.116. The number of methoxy groups -OCH3 is 1. The molecule has 5 nitrogen and oxygen atoms in total. The lowest BCUT2D eigenvalue weighted by atomic mass is 9.99. The Morgan fingerprint density at radius 1 is 1.18 bits per heavy atom. The molecule has 1 N–H and O–H groups in total. The van der Waals surface area contributed by atoms with Crippen LogP contribution in [0.25, 0.3) is 27.7 Å². The van der Waals surface area contributed by atoms with Crippen LogP contribution in [-0.4, -0.2) is 26.2 Å². The number of fused-ring (bicyclic) bond motifs is 1. The fraction of sp³-hybridized carbons (Fsp3) is 0.261. The molecule has 0 radical (unpaired) electrons. The van der Waals surface area contributed by atoms with Crippen molar-refractivity contribution in [3.05, 3.63) is 54.3 Å². The van der Waals surface area contributed by atoms with E-state index in [9.17, 15) is 4.79 Å². The van der Waals surface area contributed by atoms with Gasteiger partial charge in [0, 0.05) is 35.2 Å². The SMILES string of the molecule is CCNC(=O)/C=C(\C)c1cc2c(-c3ccc(OC)cc3)coc2cc1OCC. The van der Waals surface area contributed by atoms with Crippen LogP contribution in [0.5, 0.6) is 11.5 Å². The second-order valence-electron chi connectivity index (χ2n) is 6.38. The number of ether oxygens (including phenoxy) is 2. The Labute approximate surface area is 164 Å². The molecule has 1 heterocycles. The Morgan fingerprint density at radius 2 is 1.93 bits per heavy atom. The average Bonchev–Trinajstić information content (AvgIpc) is 3.10. The highest BCUT2D eigenvalue weighted by Gasteiger charge is 2.15. The molecule has 28 heavy (non-hydrogen) atoms. The normalized spacial score (nSPS) is 11.5. The van der Waals surface area contributed by atoms with Crippen molar-refractivity contribution in [3.8, 4) is 22.6 Å². The number of hydrogen-bond donors (Lipinski definition) is 1. The second kappa shape index (κ2) is 8.65. The van der Waals surface area contributed by atoms with Crippen molar-refractivity contribution in [2.75, 3.05) is 20.3 Å². The molecule has 0 aliphatic carbocycles. The van der Waals surface area contributed by atoms with Crippen molar-refractivity contribution < 1.29 is 18.7 Å². The highest BCUT2D eigenvalue weighted by atomic mass is 16.5. The zero-order valence-electron chi connectivity index (χ0n) is 16.7. The molecule has 0 aliphatic heterocycles. The smallest absolute Gasteiger partial charge is 0.244 e. The van der Waals surface area contributed by atoms with Gasteiger partial charge in [0.2, 0.25) is 5.91 Å². The molecule has 5 heteroatoms. The fourth-order valence-electron chi connectivity index (χ4n) is 3.13. The molecule has 0 atom stereocenters. The van der Waals surface area contributed by atoms with E-state index in [1.165, 1.54) is 0 Å². The molecule has 3 aromatic rings. The van der Waals surface area contributed by atoms with E-state index in [-0.39, 0.29) is 5.91 Å². The van der Waals surface area contributed by atoms with Crippen LogP contribution in [0, 0.1) is 0 Å². The Hall–Kier alpha value is -3.21. The molecule has 0 saturated carbocycles. The highest BCUT2D eigenvalue weighted by molar-refractivity contribution is 6.00. The minimum atomic E-state index is -0.120. The predicted molar refractivity (Wildman–Crippen MR) is 112 cm³/mol. The molecule has 0 unspecified atom stereocenters. The summed E-state index contributed by atoms with van der Waals surface area (Å²) in [5, 5.41) is 3.76. The molecule has 2 aromatic carbocycles. The van der Waals surface area contributed by atoms with Crippen LogP contribution in [-0.2, 0) is 4.79 Å². The molecule has 1 amide bonds. The summed E-state index contributed by atoms with van der Waals surface area (Å²) < 4.78 is 16.8. The lowest BCUT2D eigenvalue weighted by Gasteiger charge is -2.11. The summed E-state index contributed by atoms with van der Waals surface area (Å²) in [5.41, 5.74) is 4.45. The van der Waals surface area contributed by atoms with E-state index in [0.717, 1.165) is 39.0 Å². The van der Waals surface area contributed by atoms with Crippen LogP contribution in [0.4, 0.5) is 0 Å². The molecule has 3 rings (SSSR count). The molecule has 0 spiro atoms. The zero-order valence-corrected chi connectivity index (χ0v) is 16.7. The molecule has 146 valence electrons. The van der Waals surface area contributed by atoms with Crippen LogP contribution in [0.1, 0.15) is 26.3 Å². The Morgan fingerprint density at radius 3 is 2.57 bits per heavy atom.